The fourth-order valence-corrected chi connectivity index (χ4v) is 4.72. The van der Waals surface area contributed by atoms with Crippen LogP contribution in [0.2, 0.25) is 0 Å². The van der Waals surface area contributed by atoms with Crippen molar-refractivity contribution in [3.63, 3.8) is 0 Å². The number of hydrogen-bond acceptors (Lipinski definition) is 4. The lowest BCUT2D eigenvalue weighted by molar-refractivity contribution is -0.127. The molecule has 1 atom stereocenters. The maximum Gasteiger partial charge on any atom is 0.248 e. The summed E-state index contributed by atoms with van der Waals surface area (Å²) in [6.45, 7) is 1.95. The molecule has 0 saturated heterocycles. The van der Waals surface area contributed by atoms with Gasteiger partial charge in [0, 0.05) is 30.8 Å². The Hall–Kier alpha value is -4.07. The van der Waals surface area contributed by atoms with Gasteiger partial charge in [0.1, 0.15) is 17.7 Å². The van der Waals surface area contributed by atoms with Crippen molar-refractivity contribution in [2.45, 2.75) is 64.0 Å². The smallest absolute Gasteiger partial charge is 0.248 e. The number of pyridine rings is 1. The summed E-state index contributed by atoms with van der Waals surface area (Å²) in [6.07, 6.45) is 5.93. The van der Waals surface area contributed by atoms with E-state index in [4.69, 9.17) is 0 Å². The van der Waals surface area contributed by atoms with Crippen LogP contribution in [0.15, 0.2) is 72.9 Å². The van der Waals surface area contributed by atoms with Crippen LogP contribution in [0.5, 0.6) is 0 Å². The van der Waals surface area contributed by atoms with Crippen LogP contribution in [0.3, 0.4) is 0 Å². The third-order valence-corrected chi connectivity index (χ3v) is 6.70. The number of hydrogen-bond donors (Lipinski definition) is 2. The second-order valence-electron chi connectivity index (χ2n) is 9.66. The molecule has 2 N–H and O–H groups in total. The summed E-state index contributed by atoms with van der Waals surface area (Å²) in [5.74, 6) is -0.839. The molecule has 198 valence electrons. The number of anilines is 2. The number of nitrogens with zero attached hydrogens (tertiary/aromatic N) is 2. The van der Waals surface area contributed by atoms with Crippen LogP contribution in [0.4, 0.5) is 15.9 Å². The molecule has 1 heterocycles. The number of benzene rings is 2. The number of nitrogens with one attached hydrogen (secondary N) is 2. The van der Waals surface area contributed by atoms with Gasteiger partial charge in [-0.25, -0.2) is 9.37 Å². The van der Waals surface area contributed by atoms with E-state index < -0.39 is 11.9 Å². The van der Waals surface area contributed by atoms with Crippen LogP contribution in [0, 0.1) is 12.7 Å². The second-order valence-corrected chi connectivity index (χ2v) is 9.66. The van der Waals surface area contributed by atoms with E-state index in [1.807, 2.05) is 31.2 Å². The summed E-state index contributed by atoms with van der Waals surface area (Å²) in [7, 11) is 0. The zero-order chi connectivity index (χ0) is 26.9. The standard InChI is InChI=1S/C30H33FN4O3/c1-21-12-14-22(15-13-21)29(30(38)33-24-7-2-3-8-24)35(25-18-16-23(31)17-19-25)28(37)11-6-10-27(36)34-26-9-4-5-20-32-26/h4-5,9,12-20,24,29H,2-3,6-8,10-11H2,1H3,(H,33,38)(H,32,34,36). The summed E-state index contributed by atoms with van der Waals surface area (Å²) in [6, 6.07) is 17.4. The number of rotatable bonds is 10. The average Bonchev–Trinajstić information content (AvgIpc) is 3.42. The first kappa shape index (κ1) is 27.0. The number of amides is 3. The molecule has 0 spiro atoms. The topological polar surface area (TPSA) is 91.4 Å². The van der Waals surface area contributed by atoms with Crippen molar-refractivity contribution in [3.05, 3.63) is 89.9 Å². The molecule has 1 saturated carbocycles. The minimum Gasteiger partial charge on any atom is -0.351 e. The van der Waals surface area contributed by atoms with Crippen molar-refractivity contribution in [2.75, 3.05) is 10.2 Å². The predicted octanol–water partition coefficient (Wildman–Crippen LogP) is 5.47. The van der Waals surface area contributed by atoms with Crippen molar-refractivity contribution in [3.8, 4) is 0 Å². The van der Waals surface area contributed by atoms with Gasteiger partial charge in [-0.05, 0) is 68.1 Å². The maximum atomic E-state index is 13.8. The third kappa shape index (κ3) is 7.25. The van der Waals surface area contributed by atoms with Crippen molar-refractivity contribution >= 4 is 29.2 Å². The van der Waals surface area contributed by atoms with Gasteiger partial charge in [-0.2, -0.15) is 0 Å². The Balaban J connectivity index is 1.56. The number of carbonyl (C=O) groups excluding carboxylic acids is 3. The van der Waals surface area contributed by atoms with Gasteiger partial charge in [0.15, 0.2) is 0 Å². The summed E-state index contributed by atoms with van der Waals surface area (Å²) in [5.41, 5.74) is 2.11. The Morgan fingerprint density at radius 2 is 1.68 bits per heavy atom. The van der Waals surface area contributed by atoms with E-state index in [1.165, 1.54) is 29.2 Å². The first-order valence-corrected chi connectivity index (χ1v) is 13.1. The molecular formula is C30H33FN4O3. The fourth-order valence-electron chi connectivity index (χ4n) is 4.72. The van der Waals surface area contributed by atoms with E-state index in [1.54, 1.807) is 24.4 Å². The van der Waals surface area contributed by atoms with Crippen LogP contribution in [0.1, 0.15) is 62.1 Å². The van der Waals surface area contributed by atoms with Gasteiger partial charge in [0.05, 0.1) is 0 Å². The number of aromatic nitrogens is 1. The van der Waals surface area contributed by atoms with Gasteiger partial charge in [-0.15, -0.1) is 0 Å². The molecule has 38 heavy (non-hydrogen) atoms. The third-order valence-electron chi connectivity index (χ3n) is 6.70. The summed E-state index contributed by atoms with van der Waals surface area (Å²) in [5, 5.41) is 5.85. The highest BCUT2D eigenvalue weighted by Crippen LogP contribution is 2.30. The Morgan fingerprint density at radius 1 is 0.974 bits per heavy atom. The van der Waals surface area contributed by atoms with Crippen LogP contribution >= 0.6 is 0 Å². The van der Waals surface area contributed by atoms with E-state index in [-0.39, 0.29) is 43.0 Å². The van der Waals surface area contributed by atoms with Gasteiger partial charge >= 0.3 is 0 Å². The van der Waals surface area contributed by atoms with Crippen molar-refractivity contribution in [1.29, 1.82) is 0 Å². The van der Waals surface area contributed by atoms with E-state index >= 15 is 0 Å². The number of halogens is 1. The van der Waals surface area contributed by atoms with E-state index in [0.29, 0.717) is 17.1 Å². The Labute approximate surface area is 222 Å². The molecule has 7 nitrogen and oxygen atoms in total. The van der Waals surface area contributed by atoms with Crippen molar-refractivity contribution < 1.29 is 18.8 Å². The Morgan fingerprint density at radius 3 is 2.34 bits per heavy atom. The molecule has 1 aromatic heterocycles. The molecule has 0 radical (unpaired) electrons. The van der Waals surface area contributed by atoms with Crippen LogP contribution in [-0.4, -0.2) is 28.7 Å². The minimum absolute atomic E-state index is 0.0338. The molecule has 1 unspecified atom stereocenters. The second kappa shape index (κ2) is 12.9. The molecule has 1 aliphatic rings. The number of carbonyl (C=O) groups is 3. The summed E-state index contributed by atoms with van der Waals surface area (Å²) in [4.78, 5) is 45.3. The SMILES string of the molecule is Cc1ccc(C(C(=O)NC2CCCC2)N(C(=O)CCCC(=O)Nc2ccccn2)c2ccc(F)cc2)cc1. The van der Waals surface area contributed by atoms with Crippen LogP contribution in [-0.2, 0) is 14.4 Å². The van der Waals surface area contributed by atoms with Gasteiger partial charge in [0.25, 0.3) is 0 Å². The zero-order valence-corrected chi connectivity index (χ0v) is 21.5. The highest BCUT2D eigenvalue weighted by atomic mass is 19.1. The van der Waals surface area contributed by atoms with Crippen LogP contribution in [0.25, 0.3) is 0 Å². The van der Waals surface area contributed by atoms with Gasteiger partial charge in [-0.3, -0.25) is 19.3 Å². The lowest BCUT2D eigenvalue weighted by atomic mass is 10.00. The lowest BCUT2D eigenvalue weighted by Crippen LogP contribution is -2.46. The Kier molecular flexibility index (Phi) is 9.19. The minimum atomic E-state index is -0.934. The first-order chi connectivity index (χ1) is 18.4. The molecule has 2 aromatic carbocycles. The largest absolute Gasteiger partial charge is 0.351 e. The molecule has 1 aliphatic carbocycles. The highest BCUT2D eigenvalue weighted by Gasteiger charge is 2.34. The zero-order valence-electron chi connectivity index (χ0n) is 21.5. The molecule has 3 aromatic rings. The highest BCUT2D eigenvalue weighted by molar-refractivity contribution is 6.01. The summed E-state index contributed by atoms with van der Waals surface area (Å²) >= 11 is 0. The quantitative estimate of drug-likeness (QED) is 0.374. The molecule has 0 aliphatic heterocycles. The molecular weight excluding hydrogens is 483 g/mol. The molecule has 3 amide bonds. The van der Waals surface area contributed by atoms with E-state index in [9.17, 15) is 18.8 Å². The normalized spacial score (nSPS) is 14.1. The first-order valence-electron chi connectivity index (χ1n) is 13.1. The van der Waals surface area contributed by atoms with Crippen molar-refractivity contribution in [1.82, 2.24) is 10.3 Å². The molecule has 1 fully saturated rings. The van der Waals surface area contributed by atoms with E-state index in [0.717, 1.165) is 31.2 Å². The van der Waals surface area contributed by atoms with Gasteiger partial charge in [-0.1, -0.05) is 48.7 Å². The lowest BCUT2D eigenvalue weighted by Gasteiger charge is -2.32. The Bertz CT molecular complexity index is 1230. The van der Waals surface area contributed by atoms with Crippen LogP contribution < -0.4 is 15.5 Å². The fraction of sp³-hybridized carbons (Fsp3) is 0.333. The monoisotopic (exact) mass is 516 g/mol. The molecule has 8 heteroatoms. The molecule has 0 bridgehead atoms. The summed E-state index contributed by atoms with van der Waals surface area (Å²) < 4.78 is 13.8. The average molecular weight is 517 g/mol. The van der Waals surface area contributed by atoms with Gasteiger partial charge in [0.2, 0.25) is 17.7 Å². The maximum absolute atomic E-state index is 13.8. The number of aryl methyl sites for hydroxylation is 1. The molecule has 4 rings (SSSR count). The van der Waals surface area contributed by atoms with E-state index in [2.05, 4.69) is 15.6 Å². The van der Waals surface area contributed by atoms with Crippen molar-refractivity contribution in [2.24, 2.45) is 0 Å². The predicted molar refractivity (Wildman–Crippen MR) is 145 cm³/mol. The van der Waals surface area contributed by atoms with Gasteiger partial charge < -0.3 is 10.6 Å².